The van der Waals surface area contributed by atoms with E-state index in [1.54, 1.807) is 7.11 Å². The van der Waals surface area contributed by atoms with Crippen molar-refractivity contribution < 1.29 is 4.74 Å². The zero-order valence-electron chi connectivity index (χ0n) is 10.6. The summed E-state index contributed by atoms with van der Waals surface area (Å²) in [5, 5.41) is 1.30. The first kappa shape index (κ1) is 13.1. The highest BCUT2D eigenvalue weighted by Gasteiger charge is 2.10. The van der Waals surface area contributed by atoms with Crippen LogP contribution in [0.3, 0.4) is 0 Å². The van der Waals surface area contributed by atoms with E-state index in [0.29, 0.717) is 0 Å². The molecule has 0 amide bonds. The van der Waals surface area contributed by atoms with Gasteiger partial charge < -0.3 is 9.64 Å². The van der Waals surface area contributed by atoms with Crippen LogP contribution in [-0.2, 0) is 4.74 Å². The van der Waals surface area contributed by atoms with Crippen LogP contribution in [0.4, 0.5) is 5.82 Å². The number of fused-ring (bicyclic) bond motifs is 1. The average Bonchev–Trinajstić information content (AvgIpc) is 2.38. The molecule has 4 nitrogen and oxygen atoms in total. The van der Waals surface area contributed by atoms with Gasteiger partial charge in [0.05, 0.1) is 5.52 Å². The molecule has 0 spiro atoms. The van der Waals surface area contributed by atoms with Crippen LogP contribution in [0.1, 0.15) is 6.42 Å². The fourth-order valence-electron chi connectivity index (χ4n) is 1.88. The van der Waals surface area contributed by atoms with Crippen LogP contribution in [0.15, 0.2) is 24.3 Å². The number of halogens is 1. The summed E-state index contributed by atoms with van der Waals surface area (Å²) in [5.41, 5.74) is 0.867. The Labute approximate surface area is 112 Å². The second-order valence-electron chi connectivity index (χ2n) is 4.10. The van der Waals surface area contributed by atoms with E-state index in [9.17, 15) is 0 Å². The van der Waals surface area contributed by atoms with Crippen molar-refractivity contribution in [2.75, 3.05) is 32.2 Å². The van der Waals surface area contributed by atoms with Gasteiger partial charge in [0.15, 0.2) is 0 Å². The van der Waals surface area contributed by atoms with Crippen LogP contribution in [0, 0.1) is 0 Å². The molecular weight excluding hydrogens is 250 g/mol. The van der Waals surface area contributed by atoms with E-state index in [1.807, 2.05) is 31.3 Å². The minimum atomic E-state index is 0.280. The zero-order chi connectivity index (χ0) is 13.0. The van der Waals surface area contributed by atoms with Crippen LogP contribution in [0.25, 0.3) is 10.9 Å². The lowest BCUT2D eigenvalue weighted by atomic mass is 10.2. The van der Waals surface area contributed by atoms with Gasteiger partial charge >= 0.3 is 0 Å². The Morgan fingerprint density at radius 3 is 2.83 bits per heavy atom. The SMILES string of the molecule is COCCCN(C)c1nc(Cl)nc2ccccc12. The lowest BCUT2D eigenvalue weighted by Gasteiger charge is -2.19. The summed E-state index contributed by atoms with van der Waals surface area (Å²) in [7, 11) is 3.71. The van der Waals surface area contributed by atoms with Gasteiger partial charge in [-0.1, -0.05) is 12.1 Å². The summed E-state index contributed by atoms with van der Waals surface area (Å²) in [6.45, 7) is 1.60. The third-order valence-electron chi connectivity index (χ3n) is 2.76. The fourth-order valence-corrected chi connectivity index (χ4v) is 2.05. The molecule has 2 aromatic rings. The largest absolute Gasteiger partial charge is 0.385 e. The van der Waals surface area contributed by atoms with Crippen LogP contribution >= 0.6 is 11.6 Å². The zero-order valence-corrected chi connectivity index (χ0v) is 11.3. The van der Waals surface area contributed by atoms with Gasteiger partial charge in [0.25, 0.3) is 0 Å². The molecule has 5 heteroatoms. The molecule has 0 aliphatic carbocycles. The molecule has 0 aliphatic rings. The molecule has 18 heavy (non-hydrogen) atoms. The summed E-state index contributed by atoms with van der Waals surface area (Å²) in [6.07, 6.45) is 0.947. The van der Waals surface area contributed by atoms with Crippen molar-refractivity contribution >= 4 is 28.3 Å². The van der Waals surface area contributed by atoms with E-state index in [4.69, 9.17) is 16.3 Å². The lowest BCUT2D eigenvalue weighted by Crippen LogP contribution is -2.21. The smallest absolute Gasteiger partial charge is 0.224 e. The predicted octanol–water partition coefficient (Wildman–Crippen LogP) is 2.76. The molecule has 0 bridgehead atoms. The van der Waals surface area contributed by atoms with Gasteiger partial charge in [-0.05, 0) is 30.2 Å². The molecule has 96 valence electrons. The molecule has 0 saturated carbocycles. The highest BCUT2D eigenvalue weighted by atomic mass is 35.5. The number of hydrogen-bond donors (Lipinski definition) is 0. The first-order valence-electron chi connectivity index (χ1n) is 5.84. The molecule has 0 fully saturated rings. The second kappa shape index (κ2) is 5.98. The number of benzene rings is 1. The number of para-hydroxylation sites is 1. The first-order chi connectivity index (χ1) is 8.72. The van der Waals surface area contributed by atoms with E-state index in [-0.39, 0.29) is 5.28 Å². The second-order valence-corrected chi connectivity index (χ2v) is 4.44. The van der Waals surface area contributed by atoms with Crippen LogP contribution in [0.2, 0.25) is 5.28 Å². The van der Waals surface area contributed by atoms with Crippen molar-refractivity contribution in [3.63, 3.8) is 0 Å². The third kappa shape index (κ3) is 2.89. The van der Waals surface area contributed by atoms with E-state index in [2.05, 4.69) is 14.9 Å². The number of aromatic nitrogens is 2. The monoisotopic (exact) mass is 265 g/mol. The number of hydrogen-bond acceptors (Lipinski definition) is 4. The first-order valence-corrected chi connectivity index (χ1v) is 6.22. The normalized spacial score (nSPS) is 10.8. The van der Waals surface area contributed by atoms with Gasteiger partial charge in [0.1, 0.15) is 5.82 Å². The Balaban J connectivity index is 2.31. The lowest BCUT2D eigenvalue weighted by molar-refractivity contribution is 0.196. The topological polar surface area (TPSA) is 38.2 Å². The Morgan fingerprint density at radius 1 is 1.28 bits per heavy atom. The van der Waals surface area contributed by atoms with Crippen molar-refractivity contribution in [3.05, 3.63) is 29.5 Å². The van der Waals surface area contributed by atoms with E-state index < -0.39 is 0 Å². The third-order valence-corrected chi connectivity index (χ3v) is 2.93. The molecule has 2 rings (SSSR count). The molecule has 0 radical (unpaired) electrons. The van der Waals surface area contributed by atoms with Crippen LogP contribution in [-0.4, -0.2) is 37.3 Å². The van der Waals surface area contributed by atoms with Gasteiger partial charge in [-0.3, -0.25) is 0 Å². The molecule has 1 aromatic heterocycles. The maximum Gasteiger partial charge on any atom is 0.224 e. The van der Waals surface area contributed by atoms with Gasteiger partial charge in [-0.25, -0.2) is 4.98 Å². The number of methoxy groups -OCH3 is 1. The number of rotatable bonds is 5. The van der Waals surface area contributed by atoms with Crippen molar-refractivity contribution in [2.45, 2.75) is 6.42 Å². The van der Waals surface area contributed by atoms with E-state index in [1.165, 1.54) is 0 Å². The number of ether oxygens (including phenoxy) is 1. The maximum atomic E-state index is 5.96. The van der Waals surface area contributed by atoms with Crippen molar-refractivity contribution in [1.82, 2.24) is 9.97 Å². The van der Waals surface area contributed by atoms with Crippen LogP contribution in [0.5, 0.6) is 0 Å². The summed E-state index contributed by atoms with van der Waals surface area (Å²) in [6, 6.07) is 7.87. The van der Waals surface area contributed by atoms with Crippen LogP contribution < -0.4 is 4.90 Å². The van der Waals surface area contributed by atoms with Crippen molar-refractivity contribution in [1.29, 1.82) is 0 Å². The minimum Gasteiger partial charge on any atom is -0.385 e. The molecular formula is C13H16ClN3O. The Kier molecular flexibility index (Phi) is 4.33. The quantitative estimate of drug-likeness (QED) is 0.615. The van der Waals surface area contributed by atoms with Gasteiger partial charge in [0.2, 0.25) is 5.28 Å². The molecule has 0 unspecified atom stereocenters. The number of nitrogens with zero attached hydrogens (tertiary/aromatic N) is 3. The van der Waals surface area contributed by atoms with E-state index in [0.717, 1.165) is 36.3 Å². The molecule has 0 saturated heterocycles. The highest BCUT2D eigenvalue weighted by Crippen LogP contribution is 2.24. The van der Waals surface area contributed by atoms with Crippen molar-refractivity contribution in [2.24, 2.45) is 0 Å². The average molecular weight is 266 g/mol. The van der Waals surface area contributed by atoms with Gasteiger partial charge in [-0.2, -0.15) is 4.98 Å². The Bertz CT molecular complexity index is 533. The maximum absolute atomic E-state index is 5.96. The molecule has 1 heterocycles. The summed E-state index contributed by atoms with van der Waals surface area (Å²) >= 11 is 5.96. The van der Waals surface area contributed by atoms with E-state index >= 15 is 0 Å². The summed E-state index contributed by atoms with van der Waals surface area (Å²) in [4.78, 5) is 10.6. The number of anilines is 1. The summed E-state index contributed by atoms with van der Waals surface area (Å²) in [5.74, 6) is 0.863. The molecule has 0 atom stereocenters. The standard InChI is InChI=1S/C13H16ClN3O/c1-17(8-5-9-18-2)12-10-6-3-4-7-11(10)15-13(14)16-12/h3-4,6-7H,5,8-9H2,1-2H3. The molecule has 1 aromatic carbocycles. The minimum absolute atomic E-state index is 0.280. The Morgan fingerprint density at radius 2 is 2.06 bits per heavy atom. The highest BCUT2D eigenvalue weighted by molar-refractivity contribution is 6.28. The van der Waals surface area contributed by atoms with Gasteiger partial charge in [0, 0.05) is 32.7 Å². The van der Waals surface area contributed by atoms with Crippen molar-refractivity contribution in [3.8, 4) is 0 Å². The predicted molar refractivity (Wildman–Crippen MR) is 74.3 cm³/mol. The fraction of sp³-hybridized carbons (Fsp3) is 0.385. The summed E-state index contributed by atoms with van der Waals surface area (Å²) < 4.78 is 5.05. The van der Waals surface area contributed by atoms with Gasteiger partial charge in [-0.15, -0.1) is 0 Å². The molecule has 0 aliphatic heterocycles. The molecule has 0 N–H and O–H groups in total. The Hall–Kier alpha value is -1.39.